The first-order chi connectivity index (χ1) is 29.2. The Morgan fingerprint density at radius 2 is 0.516 bits per heavy atom. The van der Waals surface area contributed by atoms with E-state index < -0.39 is 79.3 Å². The number of hydrogen-bond donors (Lipinski definition) is 0. The molecule has 374 valence electrons. The molecule has 0 N–H and O–H groups in total. The van der Waals surface area contributed by atoms with Crippen molar-refractivity contribution < 1.29 is 77.2 Å². The molecule has 0 amide bonds. The maximum absolute atomic E-state index is 15.1. The normalized spacial score (nSPS) is 17.3. The minimum Gasteiger partial charge on any atom is -0.329 e. The van der Waals surface area contributed by atoms with Crippen LogP contribution in [0.2, 0.25) is 0 Å². The van der Waals surface area contributed by atoms with Crippen LogP contribution in [0.4, 0.5) is 0 Å². The fourth-order valence-electron chi connectivity index (χ4n) is 7.73. The van der Waals surface area contributed by atoms with Gasteiger partial charge in [-0.05, 0) is 115 Å². The molecule has 0 aromatic carbocycles. The Hall–Kier alpha value is 0.940. The summed E-state index contributed by atoms with van der Waals surface area (Å²) in [6.45, 7) is 24.8. The van der Waals surface area contributed by atoms with E-state index in [4.69, 9.17) is 49.8 Å². The van der Waals surface area contributed by atoms with Crippen LogP contribution in [0.15, 0.2) is 0 Å². The summed E-state index contributed by atoms with van der Waals surface area (Å²) in [5.74, 6) is 0. The molecule has 23 heteroatoms. The molecule has 0 spiro atoms. The van der Waals surface area contributed by atoms with Crippen molar-refractivity contribution in [2.75, 3.05) is 79.3 Å². The zero-order valence-electron chi connectivity index (χ0n) is 40.5. The third kappa shape index (κ3) is 19.5. The minimum absolute atomic E-state index is 0.0113. The van der Waals surface area contributed by atoms with E-state index in [2.05, 4.69) is 0 Å². The van der Waals surface area contributed by atoms with Crippen LogP contribution in [-0.2, 0) is 77.2 Å². The van der Waals surface area contributed by atoms with Gasteiger partial charge in [0.2, 0.25) is 7.37 Å². The molecular formula is C39H86O17P6. The average Bonchev–Trinajstić information content (AvgIpc) is 3.18. The van der Waals surface area contributed by atoms with Crippen molar-refractivity contribution in [3.05, 3.63) is 0 Å². The Kier molecular flexibility index (Phi) is 32.4. The van der Waals surface area contributed by atoms with Crippen LogP contribution >= 0.6 is 45.3 Å². The third-order valence-corrected chi connectivity index (χ3v) is 26.5. The lowest BCUT2D eigenvalue weighted by Gasteiger charge is -2.38. The molecule has 0 aliphatic rings. The van der Waals surface area contributed by atoms with Gasteiger partial charge >= 0.3 is 38.0 Å². The lowest BCUT2D eigenvalue weighted by Crippen LogP contribution is -2.33. The Labute approximate surface area is 376 Å². The molecular weight excluding hydrogens is 926 g/mol. The lowest BCUT2D eigenvalue weighted by molar-refractivity contribution is 0.189. The second-order valence-electron chi connectivity index (χ2n) is 14.6. The van der Waals surface area contributed by atoms with E-state index in [1.165, 1.54) is 6.66 Å². The first-order valence-corrected chi connectivity index (χ1v) is 33.0. The SMILES string of the molecule is CCOP(C)(=O)C(CCCC(C(CCC(C)P(=O)(OCC)OCC)P(=O)(OCC)OCC)P(=O)(OCC)OCC)C(CCCC(C)P(=O)(OCC)OCC)P(=O)(OCC)OCC. The predicted molar refractivity (Wildman–Crippen MR) is 250 cm³/mol. The first-order valence-electron chi connectivity index (χ1n) is 22.8. The van der Waals surface area contributed by atoms with Gasteiger partial charge in [-0.3, -0.25) is 27.4 Å². The molecule has 7 atom stereocenters. The highest BCUT2D eigenvalue weighted by Crippen LogP contribution is 2.68. The van der Waals surface area contributed by atoms with E-state index in [1.54, 1.807) is 90.0 Å². The van der Waals surface area contributed by atoms with Crippen LogP contribution in [0.25, 0.3) is 0 Å². The molecule has 0 heterocycles. The van der Waals surface area contributed by atoms with Crippen molar-refractivity contribution in [2.24, 2.45) is 0 Å². The summed E-state index contributed by atoms with van der Waals surface area (Å²) >= 11 is 0. The molecule has 0 rings (SSSR count). The Balaban J connectivity index is 7.61. The van der Waals surface area contributed by atoms with E-state index in [0.29, 0.717) is 12.8 Å². The van der Waals surface area contributed by atoms with Crippen molar-refractivity contribution in [1.82, 2.24) is 0 Å². The average molecular weight is 1010 g/mol. The molecule has 0 aliphatic heterocycles. The fourth-order valence-corrected chi connectivity index (χ4v) is 22.3. The zero-order valence-corrected chi connectivity index (χ0v) is 45.9. The predicted octanol–water partition coefficient (Wildman–Crippen LogP) is 13.6. The van der Waals surface area contributed by atoms with Crippen molar-refractivity contribution in [3.8, 4) is 0 Å². The number of hydrogen-bond acceptors (Lipinski definition) is 17. The van der Waals surface area contributed by atoms with Crippen LogP contribution in [0, 0.1) is 0 Å². The van der Waals surface area contributed by atoms with Crippen LogP contribution in [0.5, 0.6) is 0 Å². The molecule has 0 saturated heterocycles. The second-order valence-corrected chi connectivity index (χ2v) is 29.1. The summed E-state index contributed by atoms with van der Waals surface area (Å²) in [6, 6.07) is 0. The fraction of sp³-hybridized carbons (Fsp3) is 1.00. The van der Waals surface area contributed by atoms with Gasteiger partial charge in [0.25, 0.3) is 0 Å². The van der Waals surface area contributed by atoms with Crippen molar-refractivity contribution in [3.63, 3.8) is 0 Å². The van der Waals surface area contributed by atoms with Crippen molar-refractivity contribution >= 4 is 45.3 Å². The van der Waals surface area contributed by atoms with Crippen LogP contribution in [-0.4, -0.2) is 113 Å². The van der Waals surface area contributed by atoms with Crippen LogP contribution in [0.1, 0.15) is 141 Å². The summed E-state index contributed by atoms with van der Waals surface area (Å²) in [6.07, 6.45) is 1.58. The molecule has 0 saturated carbocycles. The monoisotopic (exact) mass is 1010 g/mol. The highest BCUT2D eigenvalue weighted by atomic mass is 31.2. The lowest BCUT2D eigenvalue weighted by atomic mass is 10.0. The van der Waals surface area contributed by atoms with E-state index in [0.717, 1.165) is 0 Å². The molecule has 0 aromatic heterocycles. The molecule has 0 bridgehead atoms. The summed E-state index contributed by atoms with van der Waals surface area (Å²) in [7, 11) is -22.9. The topological polar surface area (TPSA) is 204 Å². The molecule has 0 radical (unpaired) electrons. The van der Waals surface area contributed by atoms with Crippen molar-refractivity contribution in [2.45, 2.75) is 175 Å². The Morgan fingerprint density at radius 1 is 0.290 bits per heavy atom. The molecule has 62 heavy (non-hydrogen) atoms. The highest BCUT2D eigenvalue weighted by Gasteiger charge is 2.52. The van der Waals surface area contributed by atoms with Gasteiger partial charge in [-0.1, -0.05) is 26.7 Å². The van der Waals surface area contributed by atoms with E-state index in [9.17, 15) is 22.8 Å². The van der Waals surface area contributed by atoms with E-state index in [-0.39, 0.29) is 111 Å². The van der Waals surface area contributed by atoms with Crippen LogP contribution in [0.3, 0.4) is 0 Å². The maximum Gasteiger partial charge on any atom is 0.334 e. The van der Waals surface area contributed by atoms with Gasteiger partial charge < -0.3 is 49.8 Å². The molecule has 17 nitrogen and oxygen atoms in total. The molecule has 0 aliphatic carbocycles. The summed E-state index contributed by atoms with van der Waals surface area (Å²) in [5.41, 5.74) is -5.12. The van der Waals surface area contributed by atoms with Gasteiger partial charge in [-0.15, -0.1) is 0 Å². The third-order valence-electron chi connectivity index (χ3n) is 10.3. The van der Waals surface area contributed by atoms with Gasteiger partial charge in [0.05, 0.1) is 101 Å². The second kappa shape index (κ2) is 31.9. The minimum atomic E-state index is -4.12. The van der Waals surface area contributed by atoms with E-state index in [1.807, 2.05) is 0 Å². The van der Waals surface area contributed by atoms with Crippen molar-refractivity contribution in [1.29, 1.82) is 0 Å². The summed E-state index contributed by atoms with van der Waals surface area (Å²) in [4.78, 5) is 0. The van der Waals surface area contributed by atoms with Gasteiger partial charge in [0, 0.05) is 12.3 Å². The largest absolute Gasteiger partial charge is 0.334 e. The van der Waals surface area contributed by atoms with E-state index >= 15 is 4.57 Å². The Morgan fingerprint density at radius 3 is 0.823 bits per heavy atom. The van der Waals surface area contributed by atoms with Gasteiger partial charge in [-0.2, -0.15) is 0 Å². The van der Waals surface area contributed by atoms with Crippen LogP contribution < -0.4 is 0 Å². The zero-order chi connectivity index (χ0) is 47.7. The summed E-state index contributed by atoms with van der Waals surface area (Å²) in [5, 5.41) is 0. The molecule has 0 fully saturated rings. The number of rotatable bonds is 41. The first kappa shape index (κ1) is 62.9. The van der Waals surface area contributed by atoms with Gasteiger partial charge in [0.1, 0.15) is 0 Å². The maximum atomic E-state index is 15.1. The Bertz CT molecular complexity index is 1450. The molecule has 0 aromatic rings. The van der Waals surface area contributed by atoms with Gasteiger partial charge in [-0.25, -0.2) is 0 Å². The van der Waals surface area contributed by atoms with Gasteiger partial charge in [0.15, 0.2) is 0 Å². The standard InChI is InChI=1S/C39H86O17P6/c1-15-46-57(14,40)36(37(60(43,51-20-6)52-21-7)30-26-28-34(12)58(41,47-16-2)48-17-3)29-27-31-38(61(44,53-22-8)54-23-9)39(62(45,55-24-10)56-25-11)33-32-35(13)59(42,49-18-4)50-19-5/h34-39H,15-33H2,1-14H3. The highest BCUT2D eigenvalue weighted by molar-refractivity contribution is 7.62. The summed E-state index contributed by atoms with van der Waals surface area (Å²) < 4.78 is 151. The molecule has 7 unspecified atom stereocenters. The smallest absolute Gasteiger partial charge is 0.329 e. The quantitative estimate of drug-likeness (QED) is 0.0522.